The summed E-state index contributed by atoms with van der Waals surface area (Å²) in [6.45, 7) is 0. The Kier molecular flexibility index (Phi) is 5.13. The van der Waals surface area contributed by atoms with E-state index in [-0.39, 0.29) is 5.56 Å². The van der Waals surface area contributed by atoms with Crippen molar-refractivity contribution in [1.29, 1.82) is 0 Å². The fourth-order valence-corrected chi connectivity index (χ4v) is 5.49. The fourth-order valence-electron chi connectivity index (χ4n) is 3.15. The van der Waals surface area contributed by atoms with Gasteiger partial charge in [-0.05, 0) is 36.4 Å². The first kappa shape index (κ1) is 20.8. The zero-order valence-corrected chi connectivity index (χ0v) is 17.5. The lowest BCUT2D eigenvalue weighted by Gasteiger charge is -2.13. The molecule has 3 N–H and O–H groups in total. The zero-order valence-electron chi connectivity index (χ0n) is 15.8. The molecule has 1 amide bonds. The van der Waals surface area contributed by atoms with Crippen LogP contribution in [0.4, 0.5) is 0 Å². The van der Waals surface area contributed by atoms with Gasteiger partial charge in [0.15, 0.2) is 0 Å². The maximum absolute atomic E-state index is 12.9. The number of primary sulfonamides is 1. The third kappa shape index (κ3) is 4.08. The Morgan fingerprint density at radius 3 is 2.16 bits per heavy atom. The number of sulfonamides is 2. The topological polar surface area (TPSA) is 137 Å². The average molecular weight is 457 g/mol. The monoisotopic (exact) mass is 456 g/mol. The van der Waals surface area contributed by atoms with Crippen LogP contribution in [-0.2, 0) is 20.0 Å². The number of nitrogens with two attached hydrogens (primary N) is 1. The molecule has 2 aromatic rings. The van der Waals surface area contributed by atoms with Crippen molar-refractivity contribution < 1.29 is 26.0 Å². The molecule has 158 valence electrons. The van der Waals surface area contributed by atoms with E-state index in [0.717, 1.165) is 17.7 Å². The van der Waals surface area contributed by atoms with Gasteiger partial charge in [-0.2, -0.15) is 0 Å². The van der Waals surface area contributed by atoms with Gasteiger partial charge in [0.2, 0.25) is 10.0 Å². The van der Waals surface area contributed by atoms with Gasteiger partial charge in [-0.1, -0.05) is 42.5 Å². The number of benzene rings is 2. The van der Waals surface area contributed by atoms with Crippen LogP contribution in [0, 0.1) is 0 Å². The maximum Gasteiger partial charge on any atom is 0.265 e. The van der Waals surface area contributed by atoms with Gasteiger partial charge in [-0.25, -0.2) is 26.7 Å². The van der Waals surface area contributed by atoms with Crippen LogP contribution in [0.3, 0.4) is 0 Å². The number of nitrogens with one attached hydrogen (secondary N) is 1. The van der Waals surface area contributed by atoms with Gasteiger partial charge in [-0.3, -0.25) is 4.79 Å². The Balaban J connectivity index is 1.74. The highest BCUT2D eigenvalue weighted by atomic mass is 32.2. The molecule has 0 atom stereocenters. The van der Waals surface area contributed by atoms with Gasteiger partial charge in [0.25, 0.3) is 15.9 Å². The van der Waals surface area contributed by atoms with Crippen molar-refractivity contribution in [2.45, 2.75) is 9.79 Å². The standard InChI is InChI=1S/C21H16N2O6S2/c22-30(25,26)19-10-3-4-11-20(19)31(27,28)23-21(24)16-8-2-1-7-15(16)18-13-12-14-6-5-9-17(14)29-18/h1-13H,(H,23,24)(H2,22,25,26). The van der Waals surface area contributed by atoms with Gasteiger partial charge in [0.05, 0.1) is 5.56 Å². The van der Waals surface area contributed by atoms with E-state index in [1.807, 2.05) is 22.9 Å². The number of amides is 1. The number of hydrogen-bond donors (Lipinski definition) is 2. The smallest absolute Gasteiger partial charge is 0.265 e. The minimum Gasteiger partial charge on any atom is -0.456 e. The first-order valence-electron chi connectivity index (χ1n) is 8.94. The Hall–Kier alpha value is -3.47. The average Bonchev–Trinajstić information content (AvgIpc) is 3.21. The molecule has 0 bridgehead atoms. The van der Waals surface area contributed by atoms with Gasteiger partial charge < -0.3 is 4.42 Å². The van der Waals surface area contributed by atoms with Crippen molar-refractivity contribution in [3.63, 3.8) is 0 Å². The van der Waals surface area contributed by atoms with E-state index in [1.54, 1.807) is 30.3 Å². The van der Waals surface area contributed by atoms with Gasteiger partial charge in [0.1, 0.15) is 21.3 Å². The predicted octanol–water partition coefficient (Wildman–Crippen LogP) is 2.82. The number of carbonyl (C=O) groups is 1. The van der Waals surface area contributed by atoms with Gasteiger partial charge in [0, 0.05) is 11.1 Å². The third-order valence-corrected chi connectivity index (χ3v) is 7.04. The van der Waals surface area contributed by atoms with Crippen LogP contribution in [0.25, 0.3) is 22.6 Å². The fraction of sp³-hybridized carbons (Fsp3) is 0. The summed E-state index contributed by atoms with van der Waals surface area (Å²) in [5.41, 5.74) is 1.29. The Labute approximate surface area is 178 Å². The normalized spacial score (nSPS) is 12.0. The highest BCUT2D eigenvalue weighted by molar-refractivity contribution is 7.92. The molecule has 0 saturated heterocycles. The minimum absolute atomic E-state index is 0.0359. The van der Waals surface area contributed by atoms with E-state index in [0.29, 0.717) is 17.1 Å². The second kappa shape index (κ2) is 7.65. The van der Waals surface area contributed by atoms with Crippen LogP contribution in [0.2, 0.25) is 0 Å². The molecular weight excluding hydrogens is 440 g/mol. The van der Waals surface area contributed by atoms with Crippen LogP contribution >= 0.6 is 0 Å². The molecule has 1 aliphatic heterocycles. The van der Waals surface area contributed by atoms with E-state index in [9.17, 15) is 21.6 Å². The van der Waals surface area contributed by atoms with Crippen LogP contribution in [0.5, 0.6) is 0 Å². The second-order valence-electron chi connectivity index (χ2n) is 6.62. The third-order valence-electron chi connectivity index (χ3n) is 4.55. The first-order valence-corrected chi connectivity index (χ1v) is 12.0. The molecule has 10 heteroatoms. The van der Waals surface area contributed by atoms with E-state index in [4.69, 9.17) is 9.56 Å². The zero-order chi connectivity index (χ0) is 22.2. The van der Waals surface area contributed by atoms with Gasteiger partial charge >= 0.3 is 0 Å². The molecule has 0 fully saturated rings. The second-order valence-corrected chi connectivity index (χ2v) is 9.80. The Morgan fingerprint density at radius 1 is 0.742 bits per heavy atom. The summed E-state index contributed by atoms with van der Waals surface area (Å²) in [5.74, 6) is 0.0341. The number of carbonyl (C=O) groups excluding carboxylic acids is 1. The van der Waals surface area contributed by atoms with Crippen molar-refractivity contribution >= 4 is 26.0 Å². The molecule has 31 heavy (non-hydrogen) atoms. The molecular formula is C21H16N2O6S2. The summed E-state index contributed by atoms with van der Waals surface area (Å²) in [6, 6.07) is 20.1. The quantitative estimate of drug-likeness (QED) is 0.474. The van der Waals surface area contributed by atoms with E-state index in [1.165, 1.54) is 18.2 Å². The molecule has 0 aromatic heterocycles. The molecule has 0 saturated carbocycles. The van der Waals surface area contributed by atoms with Crippen LogP contribution in [-0.4, -0.2) is 22.7 Å². The predicted molar refractivity (Wildman–Crippen MR) is 113 cm³/mol. The molecule has 0 radical (unpaired) electrons. The number of hydrogen-bond acceptors (Lipinski definition) is 6. The molecule has 0 spiro atoms. The first-order chi connectivity index (χ1) is 14.7. The largest absolute Gasteiger partial charge is 0.456 e. The molecule has 4 rings (SSSR count). The summed E-state index contributed by atoms with van der Waals surface area (Å²) in [6.07, 6.45) is 0. The lowest BCUT2D eigenvalue weighted by Crippen LogP contribution is -2.32. The minimum atomic E-state index is -4.54. The van der Waals surface area contributed by atoms with Crippen molar-refractivity contribution in [1.82, 2.24) is 4.72 Å². The number of rotatable bonds is 5. The lowest BCUT2D eigenvalue weighted by molar-refractivity contribution is 0.0981. The van der Waals surface area contributed by atoms with E-state index < -0.39 is 35.7 Å². The van der Waals surface area contributed by atoms with E-state index >= 15 is 0 Å². The van der Waals surface area contributed by atoms with Crippen molar-refractivity contribution in [3.8, 4) is 22.6 Å². The summed E-state index contributed by atoms with van der Waals surface area (Å²) >= 11 is 0. The maximum atomic E-state index is 12.9. The molecule has 2 aromatic carbocycles. The van der Waals surface area contributed by atoms with Crippen molar-refractivity contribution in [2.24, 2.45) is 5.14 Å². The summed E-state index contributed by atoms with van der Waals surface area (Å²) in [5, 5.41) is 5.12. The van der Waals surface area contributed by atoms with E-state index in [2.05, 4.69) is 0 Å². The van der Waals surface area contributed by atoms with Crippen LogP contribution in [0.15, 0.2) is 93.1 Å². The molecule has 1 heterocycles. The molecule has 2 aliphatic rings. The molecule has 1 aliphatic carbocycles. The molecule has 0 unspecified atom stereocenters. The molecule has 8 nitrogen and oxygen atoms in total. The Bertz CT molecular complexity index is 1470. The van der Waals surface area contributed by atoms with Crippen molar-refractivity contribution in [2.75, 3.05) is 0 Å². The summed E-state index contributed by atoms with van der Waals surface area (Å²) in [7, 11) is -8.86. The highest BCUT2D eigenvalue weighted by Gasteiger charge is 2.27. The summed E-state index contributed by atoms with van der Waals surface area (Å²) < 4.78 is 56.9. The summed E-state index contributed by atoms with van der Waals surface area (Å²) in [4.78, 5) is 11.7. The number of fused-ring (bicyclic) bond motifs is 1. The Morgan fingerprint density at radius 2 is 1.42 bits per heavy atom. The van der Waals surface area contributed by atoms with Crippen LogP contribution in [0.1, 0.15) is 10.4 Å². The highest BCUT2D eigenvalue weighted by Crippen LogP contribution is 2.31. The van der Waals surface area contributed by atoms with Gasteiger partial charge in [-0.15, -0.1) is 0 Å². The van der Waals surface area contributed by atoms with Crippen molar-refractivity contribution in [3.05, 3.63) is 84.4 Å². The van der Waals surface area contributed by atoms with Crippen LogP contribution < -0.4 is 9.86 Å². The SMILES string of the molecule is NS(=O)(=O)c1ccccc1S(=O)(=O)NC(=O)c1ccccc1-c1ccc2cccc-2o1. The lowest BCUT2D eigenvalue weighted by atomic mass is 10.0.